The van der Waals surface area contributed by atoms with Gasteiger partial charge in [0.05, 0.1) is 25.2 Å². The van der Waals surface area contributed by atoms with Gasteiger partial charge in [0.15, 0.2) is 0 Å². The number of methoxy groups -OCH3 is 1. The molecule has 0 rings (SSSR count). The molecule has 0 heterocycles. The van der Waals surface area contributed by atoms with Crippen LogP contribution in [-0.2, 0) is 14.3 Å². The van der Waals surface area contributed by atoms with E-state index in [0.717, 1.165) is 0 Å². The predicted molar refractivity (Wildman–Crippen MR) is 60.6 cm³/mol. The number of hydrogen-bond acceptors (Lipinski definition) is 5. The standard InChI is InChI=1S/C10H20N2O5/c1-7(10(16)11-3-4-17-2)12-6-8(13)5-9(14)15/h7-8,12-13H,3-6H2,1-2H3,(H,11,16)(H,14,15). The molecule has 0 aliphatic heterocycles. The van der Waals surface area contributed by atoms with Gasteiger partial charge in [0.1, 0.15) is 0 Å². The lowest BCUT2D eigenvalue weighted by Gasteiger charge is -2.15. The van der Waals surface area contributed by atoms with E-state index in [1.54, 1.807) is 6.92 Å². The minimum Gasteiger partial charge on any atom is -0.481 e. The fourth-order valence-electron chi connectivity index (χ4n) is 1.11. The highest BCUT2D eigenvalue weighted by Crippen LogP contribution is 1.91. The highest BCUT2D eigenvalue weighted by atomic mass is 16.5. The van der Waals surface area contributed by atoms with Crippen LogP contribution >= 0.6 is 0 Å². The molecule has 4 N–H and O–H groups in total. The Bertz CT molecular complexity index is 247. The second-order valence-electron chi connectivity index (χ2n) is 3.67. The topological polar surface area (TPSA) is 108 Å². The van der Waals surface area contributed by atoms with E-state index in [1.165, 1.54) is 7.11 Å². The van der Waals surface area contributed by atoms with E-state index in [-0.39, 0.29) is 18.9 Å². The van der Waals surface area contributed by atoms with Crippen molar-refractivity contribution < 1.29 is 24.5 Å². The van der Waals surface area contributed by atoms with Gasteiger partial charge in [0.2, 0.25) is 5.91 Å². The summed E-state index contributed by atoms with van der Waals surface area (Å²) in [6, 6.07) is -0.490. The molecule has 0 spiro atoms. The summed E-state index contributed by atoms with van der Waals surface area (Å²) in [6.07, 6.45) is -1.34. The molecule has 1 amide bonds. The number of hydrogen-bond donors (Lipinski definition) is 4. The number of aliphatic hydroxyl groups excluding tert-OH is 1. The van der Waals surface area contributed by atoms with Crippen molar-refractivity contribution in [3.63, 3.8) is 0 Å². The van der Waals surface area contributed by atoms with Crippen LogP contribution < -0.4 is 10.6 Å². The molecule has 0 radical (unpaired) electrons. The summed E-state index contributed by atoms with van der Waals surface area (Å²) in [7, 11) is 1.54. The number of carboxylic acids is 1. The lowest BCUT2D eigenvalue weighted by atomic mass is 10.2. The van der Waals surface area contributed by atoms with Gasteiger partial charge in [-0.15, -0.1) is 0 Å². The molecule has 100 valence electrons. The lowest BCUT2D eigenvalue weighted by Crippen LogP contribution is -2.45. The van der Waals surface area contributed by atoms with Gasteiger partial charge in [-0.1, -0.05) is 0 Å². The second-order valence-corrected chi connectivity index (χ2v) is 3.67. The number of carbonyl (C=O) groups is 2. The molecule has 2 unspecified atom stereocenters. The van der Waals surface area contributed by atoms with E-state index >= 15 is 0 Å². The average molecular weight is 248 g/mol. The van der Waals surface area contributed by atoms with Crippen molar-refractivity contribution in [3.8, 4) is 0 Å². The summed E-state index contributed by atoms with van der Waals surface area (Å²) in [5.74, 6) is -1.29. The number of ether oxygens (including phenoxy) is 1. The number of rotatable bonds is 9. The lowest BCUT2D eigenvalue weighted by molar-refractivity contribution is -0.139. The zero-order chi connectivity index (χ0) is 13.3. The quantitative estimate of drug-likeness (QED) is 0.372. The molecule has 0 aliphatic rings. The Morgan fingerprint density at radius 3 is 2.59 bits per heavy atom. The van der Waals surface area contributed by atoms with Gasteiger partial charge in [-0.25, -0.2) is 0 Å². The Kier molecular flexibility index (Phi) is 8.29. The van der Waals surface area contributed by atoms with Crippen molar-refractivity contribution in [2.75, 3.05) is 26.8 Å². The van der Waals surface area contributed by atoms with E-state index in [9.17, 15) is 14.7 Å². The SMILES string of the molecule is COCCNC(=O)C(C)NCC(O)CC(=O)O. The summed E-state index contributed by atoms with van der Waals surface area (Å²) < 4.78 is 4.77. The first-order chi connectivity index (χ1) is 7.97. The highest BCUT2D eigenvalue weighted by Gasteiger charge is 2.15. The van der Waals surface area contributed by atoms with Crippen LogP contribution in [0.25, 0.3) is 0 Å². The molecule has 0 bridgehead atoms. The summed E-state index contributed by atoms with van der Waals surface area (Å²) in [6.45, 7) is 2.54. The Balaban J connectivity index is 3.72. The maximum Gasteiger partial charge on any atom is 0.306 e. The zero-order valence-corrected chi connectivity index (χ0v) is 10.1. The van der Waals surface area contributed by atoms with Crippen LogP contribution in [0.3, 0.4) is 0 Å². The maximum absolute atomic E-state index is 11.4. The fourth-order valence-corrected chi connectivity index (χ4v) is 1.11. The Hall–Kier alpha value is -1.18. The number of nitrogens with one attached hydrogen (secondary N) is 2. The molecule has 17 heavy (non-hydrogen) atoms. The first-order valence-electron chi connectivity index (χ1n) is 5.37. The van der Waals surface area contributed by atoms with Crippen molar-refractivity contribution in [3.05, 3.63) is 0 Å². The van der Waals surface area contributed by atoms with Crippen LogP contribution in [0.1, 0.15) is 13.3 Å². The van der Waals surface area contributed by atoms with Gasteiger partial charge in [-0.05, 0) is 6.92 Å². The van der Waals surface area contributed by atoms with Gasteiger partial charge >= 0.3 is 5.97 Å². The molecule has 0 aromatic heterocycles. The van der Waals surface area contributed by atoms with E-state index in [1.807, 2.05) is 0 Å². The molecule has 0 saturated heterocycles. The molecular weight excluding hydrogens is 228 g/mol. The number of carbonyl (C=O) groups excluding carboxylic acids is 1. The molecule has 0 aromatic carbocycles. The predicted octanol–water partition coefficient (Wildman–Crippen LogP) is -1.44. The minimum absolute atomic E-state index is 0.0607. The second kappa shape index (κ2) is 8.91. The van der Waals surface area contributed by atoms with Crippen LogP contribution in [0.15, 0.2) is 0 Å². The normalized spacial score (nSPS) is 14.1. The Morgan fingerprint density at radius 1 is 1.41 bits per heavy atom. The molecule has 0 aromatic rings. The third kappa shape index (κ3) is 8.61. The van der Waals surface area contributed by atoms with Crippen LogP contribution in [0.5, 0.6) is 0 Å². The third-order valence-corrected chi connectivity index (χ3v) is 2.07. The molecule has 0 fully saturated rings. The largest absolute Gasteiger partial charge is 0.481 e. The monoisotopic (exact) mass is 248 g/mol. The first-order valence-corrected chi connectivity index (χ1v) is 5.37. The van der Waals surface area contributed by atoms with Gasteiger partial charge < -0.3 is 25.6 Å². The molecule has 2 atom stereocenters. The number of amides is 1. The number of aliphatic hydroxyl groups is 1. The van der Waals surface area contributed by atoms with Gasteiger partial charge in [-0.2, -0.15) is 0 Å². The van der Waals surface area contributed by atoms with Crippen LogP contribution in [0, 0.1) is 0 Å². The first kappa shape index (κ1) is 15.8. The minimum atomic E-state index is -1.07. The van der Waals surface area contributed by atoms with Crippen LogP contribution in [0.2, 0.25) is 0 Å². The van der Waals surface area contributed by atoms with Crippen molar-refractivity contribution in [1.82, 2.24) is 10.6 Å². The summed E-state index contributed by atoms with van der Waals surface area (Å²) in [5.41, 5.74) is 0. The van der Waals surface area contributed by atoms with Gasteiger partial charge in [0, 0.05) is 20.2 Å². The number of carboxylic acid groups (broad SMARTS) is 1. The van der Waals surface area contributed by atoms with Crippen molar-refractivity contribution in [2.45, 2.75) is 25.5 Å². The summed E-state index contributed by atoms with van der Waals surface area (Å²) in [5, 5.41) is 23.1. The summed E-state index contributed by atoms with van der Waals surface area (Å²) >= 11 is 0. The summed E-state index contributed by atoms with van der Waals surface area (Å²) in [4.78, 5) is 21.7. The molecule has 0 aliphatic carbocycles. The van der Waals surface area contributed by atoms with E-state index in [4.69, 9.17) is 9.84 Å². The zero-order valence-electron chi connectivity index (χ0n) is 10.1. The van der Waals surface area contributed by atoms with Crippen molar-refractivity contribution >= 4 is 11.9 Å². The smallest absolute Gasteiger partial charge is 0.306 e. The van der Waals surface area contributed by atoms with Gasteiger partial charge in [0.25, 0.3) is 0 Å². The molecular formula is C10H20N2O5. The van der Waals surface area contributed by atoms with Gasteiger partial charge in [-0.3, -0.25) is 9.59 Å². The van der Waals surface area contributed by atoms with E-state index < -0.39 is 18.1 Å². The van der Waals surface area contributed by atoms with E-state index in [0.29, 0.717) is 13.2 Å². The molecule has 7 nitrogen and oxygen atoms in total. The Morgan fingerprint density at radius 2 is 2.06 bits per heavy atom. The average Bonchev–Trinajstić information content (AvgIpc) is 2.25. The highest BCUT2D eigenvalue weighted by molar-refractivity contribution is 5.81. The number of aliphatic carboxylic acids is 1. The third-order valence-electron chi connectivity index (χ3n) is 2.07. The van der Waals surface area contributed by atoms with Crippen molar-refractivity contribution in [2.24, 2.45) is 0 Å². The van der Waals surface area contributed by atoms with Crippen LogP contribution in [-0.4, -0.2) is 61.0 Å². The molecule has 0 saturated carbocycles. The fraction of sp³-hybridized carbons (Fsp3) is 0.800. The Labute approximate surface area is 100 Å². The van der Waals surface area contributed by atoms with Crippen LogP contribution in [0.4, 0.5) is 0 Å². The maximum atomic E-state index is 11.4. The molecule has 7 heteroatoms. The van der Waals surface area contributed by atoms with E-state index in [2.05, 4.69) is 10.6 Å². The van der Waals surface area contributed by atoms with Crippen molar-refractivity contribution in [1.29, 1.82) is 0 Å².